The summed E-state index contributed by atoms with van der Waals surface area (Å²) < 4.78 is 15.4. The normalized spacial score (nSPS) is 14.8. The molecule has 0 unspecified atom stereocenters. The molecular formula is C34H38Cl5FN4. The lowest BCUT2D eigenvalue weighted by Crippen LogP contribution is -2.49. The quantitative estimate of drug-likeness (QED) is 0.115. The van der Waals surface area contributed by atoms with Gasteiger partial charge in [-0.1, -0.05) is 109 Å². The predicted molar refractivity (Wildman–Crippen MR) is 189 cm³/mol. The van der Waals surface area contributed by atoms with Gasteiger partial charge in [0, 0.05) is 13.1 Å². The van der Waals surface area contributed by atoms with Gasteiger partial charge in [0.1, 0.15) is 23.2 Å². The van der Waals surface area contributed by atoms with Crippen molar-refractivity contribution in [1.82, 2.24) is 9.80 Å². The number of hydrogen-bond donors (Lipinski definition) is 0. The smallest absolute Gasteiger partial charge is 0.149 e. The summed E-state index contributed by atoms with van der Waals surface area (Å²) in [6.07, 6.45) is 0.785. The number of amidine groups is 2. The Balaban J connectivity index is 1.86. The van der Waals surface area contributed by atoms with Gasteiger partial charge >= 0.3 is 0 Å². The van der Waals surface area contributed by atoms with Crippen LogP contribution in [-0.2, 0) is 0 Å². The Morgan fingerprint density at radius 1 is 0.705 bits per heavy atom. The Morgan fingerprint density at radius 2 is 1.20 bits per heavy atom. The van der Waals surface area contributed by atoms with E-state index in [-0.39, 0.29) is 30.8 Å². The lowest BCUT2D eigenvalue weighted by atomic mass is 9.91. The Morgan fingerprint density at radius 3 is 1.73 bits per heavy atom. The zero-order valence-electron chi connectivity index (χ0n) is 26.3. The highest BCUT2D eigenvalue weighted by Crippen LogP contribution is 2.45. The van der Waals surface area contributed by atoms with E-state index in [1.807, 2.05) is 31.7 Å². The Kier molecular flexibility index (Phi) is 11.2. The minimum absolute atomic E-state index is 0.0485. The van der Waals surface area contributed by atoms with E-state index in [0.29, 0.717) is 42.0 Å². The number of aliphatic imine (C=N–C) groups is 2. The van der Waals surface area contributed by atoms with Crippen molar-refractivity contribution in [1.29, 1.82) is 0 Å². The maximum Gasteiger partial charge on any atom is 0.149 e. The first-order valence-electron chi connectivity index (χ1n) is 14.7. The minimum atomic E-state index is -0.452. The van der Waals surface area contributed by atoms with Gasteiger partial charge in [-0.2, -0.15) is 0 Å². The summed E-state index contributed by atoms with van der Waals surface area (Å²) in [5, 5.41) is 0.355. The monoisotopic (exact) mass is 696 g/mol. The van der Waals surface area contributed by atoms with Gasteiger partial charge in [-0.25, -0.2) is 14.4 Å². The van der Waals surface area contributed by atoms with Crippen LogP contribution in [0.3, 0.4) is 0 Å². The van der Waals surface area contributed by atoms with Crippen molar-refractivity contribution in [3.05, 3.63) is 88.6 Å². The Bertz CT molecular complexity index is 1570. The van der Waals surface area contributed by atoms with Crippen LogP contribution in [0, 0.1) is 26.6 Å². The number of nitrogens with zero attached hydrogens (tertiary/aromatic N) is 4. The molecule has 44 heavy (non-hydrogen) atoms. The Labute approximate surface area is 285 Å². The molecule has 0 spiro atoms. The van der Waals surface area contributed by atoms with Crippen LogP contribution in [0.15, 0.2) is 34.3 Å². The molecule has 0 bridgehead atoms. The molecule has 1 aliphatic heterocycles. The third kappa shape index (κ3) is 7.18. The zero-order valence-corrected chi connectivity index (χ0v) is 30.1. The second-order valence-electron chi connectivity index (χ2n) is 12.1. The van der Waals surface area contributed by atoms with Gasteiger partial charge < -0.3 is 9.80 Å². The van der Waals surface area contributed by atoms with E-state index in [1.54, 1.807) is 0 Å². The third-order valence-electron chi connectivity index (χ3n) is 7.83. The first kappa shape index (κ1) is 34.8. The minimum Gasteiger partial charge on any atom is -0.342 e. The molecule has 0 saturated carbocycles. The zero-order chi connectivity index (χ0) is 32.6. The Hall–Kier alpha value is -2.02. The molecule has 3 aromatic carbocycles. The summed E-state index contributed by atoms with van der Waals surface area (Å²) in [5.41, 5.74) is 6.64. The van der Waals surface area contributed by atoms with Crippen molar-refractivity contribution in [3.8, 4) is 0 Å². The van der Waals surface area contributed by atoms with Crippen LogP contribution >= 0.6 is 58.0 Å². The van der Waals surface area contributed by atoms with Crippen LogP contribution in [0.1, 0.15) is 86.3 Å². The van der Waals surface area contributed by atoms with E-state index in [4.69, 9.17) is 68.0 Å². The SMILES string of the molecule is CC(=Nc1c(C(C)C)cc(C)cc1C(C)C)N1CCCN(C(=Nc2c(C)cc(C)cc2F)c2c(Cl)c(Cl)c(Cl)c(Cl)c2Cl)C1. The summed E-state index contributed by atoms with van der Waals surface area (Å²) in [6.45, 7) is 18.4. The lowest BCUT2D eigenvalue weighted by Gasteiger charge is -2.39. The maximum absolute atomic E-state index is 15.4. The highest BCUT2D eigenvalue weighted by Gasteiger charge is 2.30. The fraction of sp³-hybridized carbons (Fsp3) is 0.412. The summed E-state index contributed by atoms with van der Waals surface area (Å²) in [6, 6.07) is 7.79. The van der Waals surface area contributed by atoms with E-state index in [2.05, 4.69) is 51.7 Å². The van der Waals surface area contributed by atoms with Gasteiger partial charge in [0.2, 0.25) is 0 Å². The molecule has 0 radical (unpaired) electrons. The van der Waals surface area contributed by atoms with Crippen molar-refractivity contribution >= 4 is 81.1 Å². The van der Waals surface area contributed by atoms with E-state index in [1.165, 1.54) is 22.8 Å². The van der Waals surface area contributed by atoms with Gasteiger partial charge in [-0.05, 0) is 74.3 Å². The fourth-order valence-corrected chi connectivity index (χ4v) is 6.86. The highest BCUT2D eigenvalue weighted by atomic mass is 35.5. The molecule has 10 heteroatoms. The van der Waals surface area contributed by atoms with Crippen LogP contribution in [0.2, 0.25) is 25.1 Å². The molecule has 4 nitrogen and oxygen atoms in total. The number of benzene rings is 3. The molecule has 1 heterocycles. The molecule has 236 valence electrons. The van der Waals surface area contributed by atoms with Gasteiger partial charge in [-0.15, -0.1) is 0 Å². The average Bonchev–Trinajstić information content (AvgIpc) is 2.96. The van der Waals surface area contributed by atoms with Gasteiger partial charge in [0.05, 0.1) is 43.0 Å². The predicted octanol–water partition coefficient (Wildman–Crippen LogP) is 12.1. The van der Waals surface area contributed by atoms with E-state index in [0.717, 1.165) is 30.1 Å². The van der Waals surface area contributed by atoms with E-state index < -0.39 is 5.82 Å². The largest absolute Gasteiger partial charge is 0.342 e. The van der Waals surface area contributed by atoms with E-state index in [9.17, 15) is 0 Å². The van der Waals surface area contributed by atoms with E-state index >= 15 is 4.39 Å². The first-order valence-corrected chi connectivity index (χ1v) is 16.6. The van der Waals surface area contributed by atoms with Crippen LogP contribution < -0.4 is 0 Å². The van der Waals surface area contributed by atoms with Crippen molar-refractivity contribution < 1.29 is 4.39 Å². The molecule has 0 aliphatic carbocycles. The summed E-state index contributed by atoms with van der Waals surface area (Å²) in [5.74, 6) is 1.39. The fourth-order valence-electron chi connectivity index (χ4n) is 5.56. The number of rotatable bonds is 5. The van der Waals surface area contributed by atoms with Crippen molar-refractivity contribution in [3.63, 3.8) is 0 Å². The lowest BCUT2D eigenvalue weighted by molar-refractivity contribution is 0.212. The van der Waals surface area contributed by atoms with Gasteiger partial charge in [0.15, 0.2) is 0 Å². The maximum atomic E-state index is 15.4. The first-order chi connectivity index (χ1) is 20.6. The average molecular weight is 699 g/mol. The van der Waals surface area contributed by atoms with Crippen molar-refractivity contribution in [2.75, 3.05) is 19.8 Å². The molecule has 3 aromatic rings. The standard InChI is InChI=1S/C34H38Cl5FN4/c1-17(2)23-13-20(6)14-24(18(3)4)33(23)41-22(8)43-10-9-11-44(16-43)34(42-32-21(7)12-19(5)15-25(32)40)26-27(35)29(37)31(39)30(38)28(26)36/h12-15,17-18H,9-11,16H2,1-8H3. The highest BCUT2D eigenvalue weighted by molar-refractivity contribution is 6.56. The van der Waals surface area contributed by atoms with Crippen LogP contribution in [0.25, 0.3) is 0 Å². The molecule has 0 N–H and O–H groups in total. The van der Waals surface area contributed by atoms with Gasteiger partial charge in [-0.3, -0.25) is 0 Å². The number of halogens is 6. The third-order valence-corrected chi connectivity index (χ3v) is 10.1. The molecule has 1 saturated heterocycles. The van der Waals surface area contributed by atoms with Gasteiger partial charge in [0.25, 0.3) is 0 Å². The number of hydrogen-bond acceptors (Lipinski definition) is 2. The molecule has 4 rings (SSSR count). The summed E-state index contributed by atoms with van der Waals surface area (Å²) in [4.78, 5) is 14.3. The number of aryl methyl sites for hydroxylation is 3. The molecule has 0 atom stereocenters. The topological polar surface area (TPSA) is 31.2 Å². The van der Waals surface area contributed by atoms with Crippen LogP contribution in [0.4, 0.5) is 15.8 Å². The van der Waals surface area contributed by atoms with Crippen LogP contribution in [0.5, 0.6) is 0 Å². The second kappa shape index (κ2) is 14.2. The summed E-state index contributed by atoms with van der Waals surface area (Å²) in [7, 11) is 0. The molecule has 0 amide bonds. The van der Waals surface area contributed by atoms with Crippen LogP contribution in [-0.4, -0.2) is 41.2 Å². The summed E-state index contributed by atoms with van der Waals surface area (Å²) >= 11 is 32.9. The van der Waals surface area contributed by atoms with Crippen molar-refractivity contribution in [2.24, 2.45) is 9.98 Å². The second-order valence-corrected chi connectivity index (χ2v) is 14.0. The molecule has 1 fully saturated rings. The van der Waals surface area contributed by atoms with Crippen molar-refractivity contribution in [2.45, 2.75) is 73.6 Å². The molecule has 0 aromatic heterocycles. The molecular weight excluding hydrogens is 661 g/mol. The molecule has 1 aliphatic rings.